The average Bonchev–Trinajstić information content (AvgIpc) is 2.87. The molecule has 0 N–H and O–H groups in total. The zero-order valence-electron chi connectivity index (χ0n) is 18.9. The van der Waals surface area contributed by atoms with Gasteiger partial charge in [0.05, 0.1) is 11.3 Å². The van der Waals surface area contributed by atoms with E-state index in [0.717, 1.165) is 11.3 Å². The molecule has 7 nitrogen and oxygen atoms in total. The highest BCUT2D eigenvalue weighted by molar-refractivity contribution is 7.88. The lowest BCUT2D eigenvalue weighted by Crippen LogP contribution is -2.50. The van der Waals surface area contributed by atoms with Gasteiger partial charge in [-0.1, -0.05) is 60.7 Å². The van der Waals surface area contributed by atoms with Crippen molar-refractivity contribution >= 4 is 15.9 Å². The van der Waals surface area contributed by atoms with E-state index in [9.17, 15) is 13.2 Å². The van der Waals surface area contributed by atoms with Crippen LogP contribution in [0, 0.1) is 0 Å². The Balaban J connectivity index is 1.31. The van der Waals surface area contributed by atoms with Crippen molar-refractivity contribution in [3.05, 3.63) is 96.1 Å². The maximum atomic E-state index is 13.2. The Hall–Kier alpha value is -3.36. The lowest BCUT2D eigenvalue weighted by Gasteiger charge is -2.34. The van der Waals surface area contributed by atoms with E-state index in [1.54, 1.807) is 35.2 Å². The second-order valence-electron chi connectivity index (χ2n) is 7.94. The molecular formula is C26H28N2O5S. The van der Waals surface area contributed by atoms with Gasteiger partial charge in [-0.05, 0) is 29.8 Å². The third-order valence-corrected chi connectivity index (χ3v) is 7.43. The van der Waals surface area contributed by atoms with Gasteiger partial charge in [-0.2, -0.15) is 4.31 Å². The minimum Gasteiger partial charge on any atom is -0.490 e. The van der Waals surface area contributed by atoms with Crippen molar-refractivity contribution in [3.63, 3.8) is 0 Å². The van der Waals surface area contributed by atoms with Crippen LogP contribution in [0.5, 0.6) is 11.5 Å². The molecule has 1 heterocycles. The molecule has 3 aromatic rings. The maximum absolute atomic E-state index is 13.2. The molecule has 0 aromatic heterocycles. The quantitative estimate of drug-likeness (QED) is 0.439. The molecule has 0 aliphatic carbocycles. The van der Waals surface area contributed by atoms with Gasteiger partial charge in [0.25, 0.3) is 5.91 Å². The van der Waals surface area contributed by atoms with Crippen molar-refractivity contribution in [1.29, 1.82) is 0 Å². The largest absolute Gasteiger partial charge is 0.490 e. The molecule has 4 rings (SSSR count). The highest BCUT2D eigenvalue weighted by atomic mass is 32.2. The van der Waals surface area contributed by atoms with E-state index < -0.39 is 10.0 Å². The van der Waals surface area contributed by atoms with Gasteiger partial charge in [0, 0.05) is 26.2 Å². The predicted molar refractivity (Wildman–Crippen MR) is 130 cm³/mol. The number of hydrogen-bond acceptors (Lipinski definition) is 5. The number of benzene rings is 3. The summed E-state index contributed by atoms with van der Waals surface area (Å²) in [6, 6.07) is 25.7. The topological polar surface area (TPSA) is 76.2 Å². The number of hydrogen-bond donors (Lipinski definition) is 0. The summed E-state index contributed by atoms with van der Waals surface area (Å²) >= 11 is 0. The van der Waals surface area contributed by atoms with Gasteiger partial charge in [0.1, 0.15) is 24.7 Å². The summed E-state index contributed by atoms with van der Waals surface area (Å²) in [5.74, 6) is 1.04. The van der Waals surface area contributed by atoms with Crippen LogP contribution in [0.1, 0.15) is 15.9 Å². The van der Waals surface area contributed by atoms with Gasteiger partial charge < -0.3 is 14.4 Å². The normalized spacial score (nSPS) is 14.5. The molecule has 1 saturated heterocycles. The SMILES string of the molecule is O=C(c1ccccc1OCCOc1ccccc1)N1CCN(S(=O)(=O)Cc2ccccc2)CC1. The predicted octanol–water partition coefficient (Wildman–Crippen LogP) is 3.43. The molecule has 178 valence electrons. The summed E-state index contributed by atoms with van der Waals surface area (Å²) in [7, 11) is -3.44. The molecule has 0 radical (unpaired) electrons. The van der Waals surface area contributed by atoms with Gasteiger partial charge in [-0.15, -0.1) is 0 Å². The van der Waals surface area contributed by atoms with Crippen molar-refractivity contribution in [2.75, 3.05) is 39.4 Å². The minimum atomic E-state index is -3.44. The first kappa shape index (κ1) is 23.8. The molecular weight excluding hydrogens is 452 g/mol. The van der Waals surface area contributed by atoms with Crippen LogP contribution in [-0.4, -0.2) is 62.9 Å². The van der Waals surface area contributed by atoms with Crippen LogP contribution in [0.25, 0.3) is 0 Å². The Kier molecular flexibility index (Phi) is 7.82. The lowest BCUT2D eigenvalue weighted by atomic mass is 10.1. The Bertz CT molecular complexity index is 1180. The minimum absolute atomic E-state index is 0.0382. The molecule has 1 fully saturated rings. The molecule has 3 aromatic carbocycles. The molecule has 0 bridgehead atoms. The fraction of sp³-hybridized carbons (Fsp3) is 0.269. The number of piperazine rings is 1. The fourth-order valence-corrected chi connectivity index (χ4v) is 5.33. The van der Waals surface area contributed by atoms with Crippen LogP contribution >= 0.6 is 0 Å². The first-order chi connectivity index (χ1) is 16.5. The third-order valence-electron chi connectivity index (χ3n) is 5.58. The van der Waals surface area contributed by atoms with E-state index in [4.69, 9.17) is 9.47 Å². The van der Waals surface area contributed by atoms with Gasteiger partial charge in [-0.3, -0.25) is 4.79 Å². The standard InChI is InChI=1S/C26H28N2O5S/c29-26(24-13-7-8-14-25(24)33-20-19-32-23-11-5-2-6-12-23)27-15-17-28(18-16-27)34(30,31)21-22-9-3-1-4-10-22/h1-14H,15-21H2. The van der Waals surface area contributed by atoms with Crippen molar-refractivity contribution in [2.24, 2.45) is 0 Å². The van der Waals surface area contributed by atoms with Crippen LogP contribution in [0.3, 0.4) is 0 Å². The van der Waals surface area contributed by atoms with Crippen LogP contribution in [0.15, 0.2) is 84.9 Å². The van der Waals surface area contributed by atoms with Crippen molar-refractivity contribution in [1.82, 2.24) is 9.21 Å². The number of carbonyl (C=O) groups is 1. The Labute approximate surface area is 200 Å². The van der Waals surface area contributed by atoms with Gasteiger partial charge in [0.2, 0.25) is 10.0 Å². The molecule has 0 unspecified atom stereocenters. The molecule has 0 spiro atoms. The molecule has 34 heavy (non-hydrogen) atoms. The zero-order valence-corrected chi connectivity index (χ0v) is 19.7. The third kappa shape index (κ3) is 6.15. The second-order valence-corrected chi connectivity index (χ2v) is 9.91. The Morgan fingerprint density at radius 1 is 0.735 bits per heavy atom. The molecule has 1 aliphatic rings. The first-order valence-corrected chi connectivity index (χ1v) is 12.8. The molecule has 8 heteroatoms. The Morgan fingerprint density at radius 3 is 2.03 bits per heavy atom. The number of carbonyl (C=O) groups excluding carboxylic acids is 1. The lowest BCUT2D eigenvalue weighted by molar-refractivity contribution is 0.0692. The summed E-state index contributed by atoms with van der Waals surface area (Å²) in [5, 5.41) is 0. The van der Waals surface area contributed by atoms with Crippen LogP contribution in [0.4, 0.5) is 0 Å². The number of amides is 1. The van der Waals surface area contributed by atoms with Crippen molar-refractivity contribution in [2.45, 2.75) is 5.75 Å². The summed E-state index contributed by atoms with van der Waals surface area (Å²) in [4.78, 5) is 14.8. The van der Waals surface area contributed by atoms with Crippen LogP contribution < -0.4 is 9.47 Å². The van der Waals surface area contributed by atoms with Gasteiger partial charge in [-0.25, -0.2) is 8.42 Å². The number of ether oxygens (including phenoxy) is 2. The van der Waals surface area contributed by atoms with Crippen LogP contribution in [-0.2, 0) is 15.8 Å². The molecule has 1 aliphatic heterocycles. The zero-order chi connectivity index (χ0) is 23.8. The van der Waals surface area contributed by atoms with E-state index in [-0.39, 0.29) is 24.7 Å². The van der Waals surface area contributed by atoms with Crippen LogP contribution in [0.2, 0.25) is 0 Å². The van der Waals surface area contributed by atoms with Gasteiger partial charge >= 0.3 is 0 Å². The monoisotopic (exact) mass is 480 g/mol. The van der Waals surface area contributed by atoms with Gasteiger partial charge in [0.15, 0.2) is 0 Å². The highest BCUT2D eigenvalue weighted by Crippen LogP contribution is 2.22. The summed E-state index contributed by atoms with van der Waals surface area (Å²) in [6.45, 7) is 1.86. The molecule has 0 atom stereocenters. The summed E-state index contributed by atoms with van der Waals surface area (Å²) in [6.07, 6.45) is 0. The van der Waals surface area contributed by atoms with E-state index in [1.165, 1.54) is 4.31 Å². The number of nitrogens with zero attached hydrogens (tertiary/aromatic N) is 2. The summed E-state index contributed by atoms with van der Waals surface area (Å²) < 4.78 is 38.5. The number of rotatable bonds is 9. The van der Waals surface area contributed by atoms with Crippen molar-refractivity contribution in [3.8, 4) is 11.5 Å². The second kappa shape index (κ2) is 11.2. The smallest absolute Gasteiger partial charge is 0.257 e. The van der Waals surface area contributed by atoms with Crippen molar-refractivity contribution < 1.29 is 22.7 Å². The van der Waals surface area contributed by atoms with E-state index in [2.05, 4.69) is 0 Å². The highest BCUT2D eigenvalue weighted by Gasteiger charge is 2.30. The Morgan fingerprint density at radius 2 is 1.32 bits per heavy atom. The fourth-order valence-electron chi connectivity index (χ4n) is 3.81. The molecule has 1 amide bonds. The van der Waals surface area contributed by atoms with E-state index >= 15 is 0 Å². The summed E-state index contributed by atoms with van der Waals surface area (Å²) in [5.41, 5.74) is 1.21. The first-order valence-electron chi connectivity index (χ1n) is 11.2. The van der Waals surface area contributed by atoms with E-state index in [1.807, 2.05) is 54.6 Å². The number of sulfonamides is 1. The molecule has 0 saturated carbocycles. The maximum Gasteiger partial charge on any atom is 0.257 e. The number of para-hydroxylation sites is 2. The average molecular weight is 481 g/mol. The van der Waals surface area contributed by atoms with E-state index in [0.29, 0.717) is 37.6 Å².